The summed E-state index contributed by atoms with van der Waals surface area (Å²) >= 11 is 1.71. The standard InChI is InChI=1S/C13H18N2OS/c1-4-6-14-8-11-10(3)15-13(17-11)12-9(2)5-7-16-12/h5,7,14H,4,6,8H2,1-3H3. The lowest BCUT2D eigenvalue weighted by Crippen LogP contribution is -2.13. The van der Waals surface area contributed by atoms with Crippen molar-refractivity contribution in [3.63, 3.8) is 0 Å². The first-order valence-electron chi connectivity index (χ1n) is 5.94. The quantitative estimate of drug-likeness (QED) is 0.825. The topological polar surface area (TPSA) is 38.1 Å². The van der Waals surface area contributed by atoms with Gasteiger partial charge in [-0.25, -0.2) is 4.98 Å². The Morgan fingerprint density at radius 3 is 2.88 bits per heavy atom. The fraction of sp³-hybridized carbons (Fsp3) is 0.462. The summed E-state index contributed by atoms with van der Waals surface area (Å²) in [4.78, 5) is 5.87. The van der Waals surface area contributed by atoms with Gasteiger partial charge < -0.3 is 9.73 Å². The van der Waals surface area contributed by atoms with Crippen LogP contribution in [0.25, 0.3) is 10.8 Å². The van der Waals surface area contributed by atoms with Crippen molar-refractivity contribution in [1.82, 2.24) is 10.3 Å². The predicted octanol–water partition coefficient (Wildman–Crippen LogP) is 3.52. The SMILES string of the molecule is CCCNCc1sc(-c2occc2C)nc1C. The van der Waals surface area contributed by atoms with Gasteiger partial charge in [-0.2, -0.15) is 0 Å². The summed E-state index contributed by atoms with van der Waals surface area (Å²) in [6.07, 6.45) is 2.87. The van der Waals surface area contributed by atoms with E-state index in [0.717, 1.165) is 41.5 Å². The van der Waals surface area contributed by atoms with Crippen molar-refractivity contribution in [2.45, 2.75) is 33.7 Å². The molecule has 2 aromatic rings. The van der Waals surface area contributed by atoms with Crippen LogP contribution in [0.15, 0.2) is 16.7 Å². The van der Waals surface area contributed by atoms with Crippen LogP contribution in [0, 0.1) is 13.8 Å². The highest BCUT2D eigenvalue weighted by Crippen LogP contribution is 2.30. The van der Waals surface area contributed by atoms with Crippen molar-refractivity contribution in [3.05, 3.63) is 28.5 Å². The van der Waals surface area contributed by atoms with Crippen molar-refractivity contribution in [1.29, 1.82) is 0 Å². The van der Waals surface area contributed by atoms with Crippen LogP contribution >= 0.6 is 11.3 Å². The van der Waals surface area contributed by atoms with Crippen molar-refractivity contribution in [2.75, 3.05) is 6.54 Å². The third-order valence-electron chi connectivity index (χ3n) is 2.66. The molecule has 2 heterocycles. The third-order valence-corrected chi connectivity index (χ3v) is 3.82. The van der Waals surface area contributed by atoms with Gasteiger partial charge in [0.1, 0.15) is 0 Å². The van der Waals surface area contributed by atoms with E-state index in [1.54, 1.807) is 17.6 Å². The van der Waals surface area contributed by atoms with E-state index < -0.39 is 0 Å². The molecule has 0 aliphatic carbocycles. The maximum absolute atomic E-state index is 5.47. The smallest absolute Gasteiger partial charge is 0.165 e. The molecular weight excluding hydrogens is 232 g/mol. The number of nitrogens with zero attached hydrogens (tertiary/aromatic N) is 1. The van der Waals surface area contributed by atoms with Gasteiger partial charge in [-0.1, -0.05) is 6.92 Å². The van der Waals surface area contributed by atoms with E-state index in [1.165, 1.54) is 4.88 Å². The summed E-state index contributed by atoms with van der Waals surface area (Å²) in [7, 11) is 0. The molecule has 0 saturated heterocycles. The molecule has 0 unspecified atom stereocenters. The van der Waals surface area contributed by atoms with Gasteiger partial charge in [0.2, 0.25) is 0 Å². The number of hydrogen-bond donors (Lipinski definition) is 1. The molecule has 3 nitrogen and oxygen atoms in total. The predicted molar refractivity (Wildman–Crippen MR) is 71.3 cm³/mol. The zero-order valence-corrected chi connectivity index (χ0v) is 11.4. The molecule has 0 amide bonds. The molecule has 2 aromatic heterocycles. The molecular formula is C13H18N2OS. The highest BCUT2D eigenvalue weighted by atomic mass is 32.1. The van der Waals surface area contributed by atoms with Gasteiger partial charge in [0.15, 0.2) is 10.8 Å². The van der Waals surface area contributed by atoms with E-state index in [-0.39, 0.29) is 0 Å². The van der Waals surface area contributed by atoms with Crippen LogP contribution in [0.5, 0.6) is 0 Å². The first kappa shape index (κ1) is 12.3. The van der Waals surface area contributed by atoms with E-state index in [0.29, 0.717) is 0 Å². The number of aryl methyl sites for hydroxylation is 2. The van der Waals surface area contributed by atoms with Gasteiger partial charge in [-0.3, -0.25) is 0 Å². The molecule has 1 N–H and O–H groups in total. The second kappa shape index (κ2) is 5.47. The summed E-state index contributed by atoms with van der Waals surface area (Å²) in [5.41, 5.74) is 2.25. The highest BCUT2D eigenvalue weighted by molar-refractivity contribution is 7.15. The minimum absolute atomic E-state index is 0.900. The van der Waals surface area contributed by atoms with Crippen LogP contribution in [-0.4, -0.2) is 11.5 Å². The maximum atomic E-state index is 5.47. The molecule has 0 atom stereocenters. The third kappa shape index (κ3) is 2.76. The number of furan rings is 1. The normalized spacial score (nSPS) is 11.0. The summed E-state index contributed by atoms with van der Waals surface area (Å²) in [6, 6.07) is 1.97. The lowest BCUT2D eigenvalue weighted by molar-refractivity contribution is 0.580. The van der Waals surface area contributed by atoms with Crippen LogP contribution in [0.3, 0.4) is 0 Å². The van der Waals surface area contributed by atoms with Gasteiger partial charge in [-0.05, 0) is 38.4 Å². The molecule has 2 rings (SSSR count). The van der Waals surface area contributed by atoms with Gasteiger partial charge in [-0.15, -0.1) is 11.3 Å². The number of hydrogen-bond acceptors (Lipinski definition) is 4. The monoisotopic (exact) mass is 250 g/mol. The average Bonchev–Trinajstić information content (AvgIpc) is 2.86. The number of rotatable bonds is 5. The zero-order valence-electron chi connectivity index (χ0n) is 10.5. The van der Waals surface area contributed by atoms with Gasteiger partial charge >= 0.3 is 0 Å². The number of aromatic nitrogens is 1. The van der Waals surface area contributed by atoms with Gasteiger partial charge in [0, 0.05) is 11.4 Å². The molecule has 92 valence electrons. The Bertz CT molecular complexity index is 487. The van der Waals surface area contributed by atoms with E-state index in [1.807, 2.05) is 13.0 Å². The van der Waals surface area contributed by atoms with Crippen LogP contribution in [0.2, 0.25) is 0 Å². The fourth-order valence-electron chi connectivity index (χ4n) is 1.66. The Morgan fingerprint density at radius 1 is 1.41 bits per heavy atom. The molecule has 0 saturated carbocycles. The Hall–Kier alpha value is -1.13. The Balaban J connectivity index is 2.16. The number of thiazole rings is 1. The van der Waals surface area contributed by atoms with Gasteiger partial charge in [0.25, 0.3) is 0 Å². The summed E-state index contributed by atoms with van der Waals surface area (Å²) in [6.45, 7) is 8.22. The maximum Gasteiger partial charge on any atom is 0.165 e. The minimum atomic E-state index is 0.900. The van der Waals surface area contributed by atoms with Crippen LogP contribution < -0.4 is 5.32 Å². The molecule has 0 spiro atoms. The van der Waals surface area contributed by atoms with E-state index in [9.17, 15) is 0 Å². The number of nitrogens with one attached hydrogen (secondary N) is 1. The van der Waals surface area contributed by atoms with Gasteiger partial charge in [0.05, 0.1) is 12.0 Å². The Morgan fingerprint density at radius 2 is 2.24 bits per heavy atom. The Kier molecular flexibility index (Phi) is 3.97. The van der Waals surface area contributed by atoms with E-state index in [2.05, 4.69) is 24.1 Å². The lowest BCUT2D eigenvalue weighted by Gasteiger charge is -1.99. The Labute approximate surface area is 106 Å². The molecule has 17 heavy (non-hydrogen) atoms. The average molecular weight is 250 g/mol. The molecule has 0 aliphatic rings. The molecule has 0 bridgehead atoms. The molecule has 0 radical (unpaired) electrons. The molecule has 0 fully saturated rings. The van der Waals surface area contributed by atoms with E-state index in [4.69, 9.17) is 4.42 Å². The fourth-order valence-corrected chi connectivity index (χ4v) is 2.75. The molecule has 0 aromatic carbocycles. The molecule has 4 heteroatoms. The minimum Gasteiger partial charge on any atom is -0.462 e. The van der Waals surface area contributed by atoms with Crippen LogP contribution in [0.4, 0.5) is 0 Å². The van der Waals surface area contributed by atoms with Crippen molar-refractivity contribution in [2.24, 2.45) is 0 Å². The van der Waals surface area contributed by atoms with Crippen molar-refractivity contribution < 1.29 is 4.42 Å². The second-order valence-electron chi connectivity index (χ2n) is 4.14. The van der Waals surface area contributed by atoms with Crippen LogP contribution in [0.1, 0.15) is 29.5 Å². The highest BCUT2D eigenvalue weighted by Gasteiger charge is 2.13. The zero-order chi connectivity index (χ0) is 12.3. The first-order valence-corrected chi connectivity index (χ1v) is 6.75. The van der Waals surface area contributed by atoms with E-state index >= 15 is 0 Å². The first-order chi connectivity index (χ1) is 8.22. The van der Waals surface area contributed by atoms with Crippen molar-refractivity contribution in [3.8, 4) is 10.8 Å². The largest absolute Gasteiger partial charge is 0.462 e. The summed E-state index contributed by atoms with van der Waals surface area (Å²) in [5, 5.41) is 4.39. The van der Waals surface area contributed by atoms with Crippen LogP contribution in [-0.2, 0) is 6.54 Å². The lowest BCUT2D eigenvalue weighted by atomic mass is 10.3. The van der Waals surface area contributed by atoms with Crippen molar-refractivity contribution >= 4 is 11.3 Å². The summed E-state index contributed by atoms with van der Waals surface area (Å²) < 4.78 is 5.47. The second-order valence-corrected chi connectivity index (χ2v) is 5.22. The molecule has 0 aliphatic heterocycles. The summed E-state index contributed by atoms with van der Waals surface area (Å²) in [5.74, 6) is 0.903.